The molecule has 3 heterocycles. The van der Waals surface area contributed by atoms with Gasteiger partial charge in [0.1, 0.15) is 0 Å². The standard InChI is InChI=1S/C27H34N4O3S/c28-27(32)24-18-22(20-7-2-1-3-8-20)17-23-25(19-29-26(23)24)21-9-14-31(15-10-21)35(33,34)16-6-13-30-11-4-5-12-30/h1-3,7-8,17-19,21,29H,4-6,9-16H2,(H2,28,32). The molecule has 2 aliphatic heterocycles. The number of benzene rings is 2. The smallest absolute Gasteiger partial charge is 0.250 e. The van der Waals surface area contributed by atoms with E-state index >= 15 is 0 Å². The number of amides is 1. The molecule has 186 valence electrons. The highest BCUT2D eigenvalue weighted by Crippen LogP contribution is 2.37. The molecular weight excluding hydrogens is 460 g/mol. The maximum Gasteiger partial charge on any atom is 0.250 e. The van der Waals surface area contributed by atoms with Gasteiger partial charge in [0.2, 0.25) is 10.0 Å². The zero-order chi connectivity index (χ0) is 24.4. The summed E-state index contributed by atoms with van der Waals surface area (Å²) in [5.41, 5.74) is 10.1. The zero-order valence-electron chi connectivity index (χ0n) is 20.1. The van der Waals surface area contributed by atoms with Gasteiger partial charge in [-0.25, -0.2) is 12.7 Å². The van der Waals surface area contributed by atoms with Crippen LogP contribution >= 0.6 is 0 Å². The van der Waals surface area contributed by atoms with Crippen molar-refractivity contribution < 1.29 is 13.2 Å². The first kappa shape index (κ1) is 24.0. The number of aromatic nitrogens is 1. The van der Waals surface area contributed by atoms with Gasteiger partial charge in [0.05, 0.1) is 16.8 Å². The zero-order valence-corrected chi connectivity index (χ0v) is 20.9. The van der Waals surface area contributed by atoms with E-state index in [1.807, 2.05) is 42.6 Å². The monoisotopic (exact) mass is 494 g/mol. The number of aromatic amines is 1. The number of fused-ring (bicyclic) bond motifs is 1. The first-order valence-corrected chi connectivity index (χ1v) is 14.2. The summed E-state index contributed by atoms with van der Waals surface area (Å²) in [5.74, 6) is -0.00788. The fraction of sp³-hybridized carbons (Fsp3) is 0.444. The number of nitrogens with two attached hydrogens (primary N) is 1. The lowest BCUT2D eigenvalue weighted by atomic mass is 9.88. The van der Waals surface area contributed by atoms with E-state index in [1.54, 1.807) is 4.31 Å². The summed E-state index contributed by atoms with van der Waals surface area (Å²) in [6, 6.07) is 13.9. The minimum Gasteiger partial charge on any atom is -0.366 e. The number of nitrogens with zero attached hydrogens (tertiary/aromatic N) is 2. The lowest BCUT2D eigenvalue weighted by Crippen LogP contribution is -2.39. The van der Waals surface area contributed by atoms with Gasteiger partial charge in [-0.15, -0.1) is 0 Å². The fourth-order valence-electron chi connectivity index (χ4n) is 5.63. The fourth-order valence-corrected chi connectivity index (χ4v) is 7.15. The van der Waals surface area contributed by atoms with Crippen LogP contribution in [0.15, 0.2) is 48.7 Å². The van der Waals surface area contributed by atoms with Crippen molar-refractivity contribution in [1.29, 1.82) is 0 Å². The van der Waals surface area contributed by atoms with Crippen LogP contribution in [0.5, 0.6) is 0 Å². The Morgan fingerprint density at radius 1 is 1.00 bits per heavy atom. The van der Waals surface area contributed by atoms with Gasteiger partial charge in [0.15, 0.2) is 0 Å². The summed E-state index contributed by atoms with van der Waals surface area (Å²) in [4.78, 5) is 17.9. The molecule has 8 heteroatoms. The molecule has 1 amide bonds. The van der Waals surface area contributed by atoms with E-state index in [0.717, 1.165) is 60.1 Å². The van der Waals surface area contributed by atoms with Crippen molar-refractivity contribution in [3.05, 3.63) is 59.8 Å². The number of H-pyrrole nitrogens is 1. The second-order valence-electron chi connectivity index (χ2n) is 9.81. The molecule has 2 fully saturated rings. The third kappa shape index (κ3) is 5.15. The second-order valence-corrected chi connectivity index (χ2v) is 11.9. The minimum atomic E-state index is -3.23. The van der Waals surface area contributed by atoms with Crippen LogP contribution in [-0.4, -0.2) is 67.0 Å². The number of sulfonamides is 1. The Morgan fingerprint density at radius 2 is 1.71 bits per heavy atom. The molecule has 1 aromatic heterocycles. The summed E-state index contributed by atoms with van der Waals surface area (Å²) in [6.07, 6.45) is 6.64. The average Bonchev–Trinajstić information content (AvgIpc) is 3.54. The van der Waals surface area contributed by atoms with Crippen LogP contribution in [0.2, 0.25) is 0 Å². The van der Waals surface area contributed by atoms with Gasteiger partial charge in [0.25, 0.3) is 5.91 Å². The largest absolute Gasteiger partial charge is 0.366 e. The highest BCUT2D eigenvalue weighted by atomic mass is 32.2. The summed E-state index contributed by atoms with van der Waals surface area (Å²) in [7, 11) is -3.23. The quantitative estimate of drug-likeness (QED) is 0.496. The van der Waals surface area contributed by atoms with E-state index in [1.165, 1.54) is 12.8 Å². The summed E-state index contributed by atoms with van der Waals surface area (Å²) in [6.45, 7) is 4.13. The molecule has 3 aromatic rings. The van der Waals surface area contributed by atoms with Crippen molar-refractivity contribution in [2.45, 2.75) is 38.0 Å². The van der Waals surface area contributed by atoms with Gasteiger partial charge in [-0.05, 0) is 86.5 Å². The number of rotatable bonds is 8. The third-order valence-electron chi connectivity index (χ3n) is 7.56. The van der Waals surface area contributed by atoms with Gasteiger partial charge >= 0.3 is 0 Å². The number of likely N-dealkylation sites (tertiary alicyclic amines) is 1. The van der Waals surface area contributed by atoms with Gasteiger partial charge in [-0.2, -0.15) is 0 Å². The molecule has 0 aliphatic carbocycles. The molecule has 0 bridgehead atoms. The van der Waals surface area contributed by atoms with Crippen molar-refractivity contribution in [2.24, 2.45) is 5.73 Å². The van der Waals surface area contributed by atoms with Crippen LogP contribution in [-0.2, 0) is 10.0 Å². The van der Waals surface area contributed by atoms with Crippen LogP contribution in [0.3, 0.4) is 0 Å². The maximum atomic E-state index is 12.9. The molecule has 0 radical (unpaired) electrons. The van der Waals surface area contributed by atoms with Crippen molar-refractivity contribution in [3.63, 3.8) is 0 Å². The summed E-state index contributed by atoms with van der Waals surface area (Å²) in [5, 5.41) is 0.993. The van der Waals surface area contributed by atoms with Gasteiger partial charge in [-0.1, -0.05) is 30.3 Å². The number of hydrogen-bond donors (Lipinski definition) is 2. The van der Waals surface area contributed by atoms with Crippen LogP contribution in [0.25, 0.3) is 22.0 Å². The highest BCUT2D eigenvalue weighted by Gasteiger charge is 2.30. The number of carbonyl (C=O) groups excluding carboxylic acids is 1. The predicted octanol–water partition coefficient (Wildman–Crippen LogP) is 3.93. The Labute approximate surface area is 207 Å². The van der Waals surface area contributed by atoms with Crippen molar-refractivity contribution >= 4 is 26.8 Å². The number of piperidine rings is 1. The second kappa shape index (κ2) is 10.1. The topological polar surface area (TPSA) is 99.5 Å². The number of nitrogens with one attached hydrogen (secondary N) is 1. The van der Waals surface area contributed by atoms with Crippen molar-refractivity contribution in [3.8, 4) is 11.1 Å². The molecule has 0 spiro atoms. The molecule has 2 aliphatic rings. The minimum absolute atomic E-state index is 0.226. The Kier molecular flexibility index (Phi) is 6.95. The summed E-state index contributed by atoms with van der Waals surface area (Å²) >= 11 is 0. The van der Waals surface area contributed by atoms with Gasteiger partial charge < -0.3 is 15.6 Å². The summed E-state index contributed by atoms with van der Waals surface area (Å²) < 4.78 is 27.5. The van der Waals surface area contributed by atoms with Gasteiger partial charge in [-0.3, -0.25) is 4.79 Å². The number of primary amides is 1. The van der Waals surface area contributed by atoms with E-state index in [4.69, 9.17) is 5.73 Å². The molecule has 2 saturated heterocycles. The number of carbonyl (C=O) groups is 1. The van der Waals surface area contributed by atoms with Gasteiger partial charge in [0, 0.05) is 24.7 Å². The molecule has 0 unspecified atom stereocenters. The Bertz CT molecular complexity index is 1290. The Hall–Kier alpha value is -2.68. The first-order valence-electron chi connectivity index (χ1n) is 12.6. The van der Waals surface area contributed by atoms with Crippen LogP contribution < -0.4 is 5.73 Å². The maximum absolute atomic E-state index is 12.9. The molecule has 35 heavy (non-hydrogen) atoms. The van der Waals surface area contributed by atoms with Crippen LogP contribution in [0.4, 0.5) is 0 Å². The van der Waals surface area contributed by atoms with E-state index in [9.17, 15) is 13.2 Å². The highest BCUT2D eigenvalue weighted by molar-refractivity contribution is 7.89. The van der Waals surface area contributed by atoms with E-state index in [0.29, 0.717) is 25.1 Å². The van der Waals surface area contributed by atoms with E-state index in [2.05, 4.69) is 16.0 Å². The molecule has 2 aromatic carbocycles. The molecule has 0 saturated carbocycles. The normalized spacial score (nSPS) is 18.4. The Balaban J connectivity index is 1.31. The molecule has 0 atom stereocenters. The molecule has 5 rings (SSSR count). The van der Waals surface area contributed by atoms with Crippen LogP contribution in [0.1, 0.15) is 53.9 Å². The lowest BCUT2D eigenvalue weighted by molar-refractivity contribution is 0.100. The SMILES string of the molecule is NC(=O)c1cc(-c2ccccc2)cc2c(C3CCN(S(=O)(=O)CCCN4CCCC4)CC3)c[nH]c12. The van der Waals surface area contributed by atoms with Crippen molar-refractivity contribution in [2.75, 3.05) is 38.5 Å². The van der Waals surface area contributed by atoms with E-state index < -0.39 is 15.9 Å². The van der Waals surface area contributed by atoms with E-state index in [-0.39, 0.29) is 11.7 Å². The number of hydrogen-bond acceptors (Lipinski definition) is 4. The van der Waals surface area contributed by atoms with Crippen LogP contribution in [0, 0.1) is 0 Å². The van der Waals surface area contributed by atoms with Crippen molar-refractivity contribution in [1.82, 2.24) is 14.2 Å². The molecular formula is C27H34N4O3S. The average molecular weight is 495 g/mol. The lowest BCUT2D eigenvalue weighted by Gasteiger charge is -2.31. The molecule has 3 N–H and O–H groups in total. The predicted molar refractivity (Wildman–Crippen MR) is 140 cm³/mol. The third-order valence-corrected chi connectivity index (χ3v) is 9.51. The first-order chi connectivity index (χ1) is 16.9. The molecule has 7 nitrogen and oxygen atoms in total. The Morgan fingerprint density at radius 3 is 2.40 bits per heavy atom.